The summed E-state index contributed by atoms with van der Waals surface area (Å²) in [4.78, 5) is 37.7. The molecule has 1 aliphatic rings. The summed E-state index contributed by atoms with van der Waals surface area (Å²) in [6.45, 7) is 0.282. The monoisotopic (exact) mass is 374 g/mol. The van der Waals surface area contributed by atoms with Gasteiger partial charge in [0.25, 0.3) is 11.8 Å². The second-order valence-electron chi connectivity index (χ2n) is 6.05. The van der Waals surface area contributed by atoms with E-state index >= 15 is 0 Å². The van der Waals surface area contributed by atoms with Gasteiger partial charge in [-0.25, -0.2) is 4.79 Å². The molecular weight excluding hydrogens is 356 g/mol. The lowest BCUT2D eigenvalue weighted by Crippen LogP contribution is -2.45. The number of hydrogen-bond donors (Lipinski definition) is 4. The first-order chi connectivity index (χ1) is 12.9. The van der Waals surface area contributed by atoms with Gasteiger partial charge in [0.2, 0.25) is 0 Å². The predicted octanol–water partition coefficient (Wildman–Crippen LogP) is 1.03. The van der Waals surface area contributed by atoms with Crippen LogP contribution in [0.2, 0.25) is 0 Å². The topological polar surface area (TPSA) is 140 Å². The third-order valence-electron chi connectivity index (χ3n) is 4.27. The molecule has 0 saturated carbocycles. The number of carbonyl (C=O) groups is 3. The SMILES string of the molecule is O=C(O)C(CCC(O)O)N1C(=O)c2cccc(NCc3ccco3)c2C1=O. The number of aliphatic carboxylic acids is 1. The van der Waals surface area contributed by atoms with Crippen LogP contribution in [0.15, 0.2) is 41.0 Å². The van der Waals surface area contributed by atoms with E-state index in [0.29, 0.717) is 16.3 Å². The fraction of sp³-hybridized carbons (Fsp3) is 0.278. The summed E-state index contributed by atoms with van der Waals surface area (Å²) in [7, 11) is 0. The average Bonchev–Trinajstić information content (AvgIpc) is 3.22. The molecule has 142 valence electrons. The summed E-state index contributed by atoms with van der Waals surface area (Å²) >= 11 is 0. The number of amides is 2. The lowest BCUT2D eigenvalue weighted by atomic mass is 10.1. The van der Waals surface area contributed by atoms with Crippen molar-refractivity contribution in [2.45, 2.75) is 31.7 Å². The number of anilines is 1. The van der Waals surface area contributed by atoms with Crippen molar-refractivity contribution in [3.63, 3.8) is 0 Å². The van der Waals surface area contributed by atoms with Crippen molar-refractivity contribution in [3.05, 3.63) is 53.5 Å². The van der Waals surface area contributed by atoms with Gasteiger partial charge < -0.3 is 25.1 Å². The zero-order valence-electron chi connectivity index (χ0n) is 14.2. The number of carboxylic acid groups (broad SMARTS) is 1. The quantitative estimate of drug-likeness (QED) is 0.397. The molecule has 0 saturated heterocycles. The summed E-state index contributed by atoms with van der Waals surface area (Å²) < 4.78 is 5.22. The van der Waals surface area contributed by atoms with Crippen LogP contribution in [0.1, 0.15) is 39.3 Å². The van der Waals surface area contributed by atoms with Crippen molar-refractivity contribution in [1.82, 2.24) is 4.90 Å². The van der Waals surface area contributed by atoms with Gasteiger partial charge in [-0.2, -0.15) is 0 Å². The number of fused-ring (bicyclic) bond motifs is 1. The number of nitrogens with zero attached hydrogens (tertiary/aromatic N) is 1. The van der Waals surface area contributed by atoms with E-state index < -0.39 is 30.1 Å². The highest BCUT2D eigenvalue weighted by Gasteiger charge is 2.44. The van der Waals surface area contributed by atoms with E-state index in [0.717, 1.165) is 0 Å². The highest BCUT2D eigenvalue weighted by Crippen LogP contribution is 2.32. The lowest BCUT2D eigenvalue weighted by Gasteiger charge is -2.22. The summed E-state index contributed by atoms with van der Waals surface area (Å²) in [5.41, 5.74) is 0.571. The Morgan fingerprint density at radius 1 is 1.11 bits per heavy atom. The van der Waals surface area contributed by atoms with Crippen molar-refractivity contribution >= 4 is 23.5 Å². The van der Waals surface area contributed by atoms with Crippen molar-refractivity contribution < 1.29 is 34.1 Å². The third-order valence-corrected chi connectivity index (χ3v) is 4.27. The third kappa shape index (κ3) is 3.69. The fourth-order valence-electron chi connectivity index (χ4n) is 3.00. The molecule has 0 aliphatic carbocycles. The molecule has 4 N–H and O–H groups in total. The van der Waals surface area contributed by atoms with Crippen LogP contribution in [-0.2, 0) is 11.3 Å². The second-order valence-corrected chi connectivity index (χ2v) is 6.05. The van der Waals surface area contributed by atoms with Crippen LogP contribution in [0.3, 0.4) is 0 Å². The number of hydrogen-bond acceptors (Lipinski definition) is 7. The molecule has 0 spiro atoms. The van der Waals surface area contributed by atoms with Crippen molar-refractivity contribution in [1.29, 1.82) is 0 Å². The molecule has 2 amide bonds. The number of benzene rings is 1. The van der Waals surface area contributed by atoms with Crippen LogP contribution in [0, 0.1) is 0 Å². The smallest absolute Gasteiger partial charge is 0.326 e. The number of imide groups is 1. The van der Waals surface area contributed by atoms with Crippen LogP contribution >= 0.6 is 0 Å². The predicted molar refractivity (Wildman–Crippen MR) is 91.9 cm³/mol. The Labute approximate surface area is 153 Å². The Kier molecular flexibility index (Phi) is 5.24. The molecule has 2 aromatic rings. The van der Waals surface area contributed by atoms with Gasteiger partial charge in [-0.3, -0.25) is 14.5 Å². The van der Waals surface area contributed by atoms with E-state index in [1.54, 1.807) is 24.3 Å². The number of aliphatic hydroxyl groups excluding tert-OH is 1. The molecule has 2 heterocycles. The zero-order chi connectivity index (χ0) is 19.6. The Hall–Kier alpha value is -3.17. The normalized spacial score (nSPS) is 14.6. The summed E-state index contributed by atoms with van der Waals surface area (Å²) in [6, 6.07) is 6.63. The minimum absolute atomic E-state index is 0.0878. The Morgan fingerprint density at radius 3 is 2.52 bits per heavy atom. The summed E-state index contributed by atoms with van der Waals surface area (Å²) in [6.07, 6.45) is -0.773. The molecule has 1 aromatic heterocycles. The lowest BCUT2D eigenvalue weighted by molar-refractivity contribution is -0.142. The van der Waals surface area contributed by atoms with Gasteiger partial charge in [0.1, 0.15) is 11.8 Å². The number of rotatable bonds is 8. The van der Waals surface area contributed by atoms with Gasteiger partial charge >= 0.3 is 5.97 Å². The van der Waals surface area contributed by atoms with Crippen LogP contribution in [0.5, 0.6) is 0 Å². The first kappa shape index (κ1) is 18.6. The summed E-state index contributed by atoms with van der Waals surface area (Å²) in [5.74, 6) is -2.23. The molecule has 27 heavy (non-hydrogen) atoms. The average molecular weight is 374 g/mol. The molecule has 9 heteroatoms. The summed E-state index contributed by atoms with van der Waals surface area (Å²) in [5, 5.41) is 30.4. The maximum atomic E-state index is 12.8. The van der Waals surface area contributed by atoms with Crippen molar-refractivity contribution in [2.24, 2.45) is 0 Å². The molecule has 1 atom stereocenters. The number of carboxylic acids is 1. The highest BCUT2D eigenvalue weighted by molar-refractivity contribution is 6.24. The molecule has 1 unspecified atom stereocenters. The first-order valence-corrected chi connectivity index (χ1v) is 8.26. The van der Waals surface area contributed by atoms with E-state index in [2.05, 4.69) is 5.32 Å². The molecule has 0 fully saturated rings. The van der Waals surface area contributed by atoms with Crippen LogP contribution in [0.25, 0.3) is 0 Å². The minimum atomic E-state index is -1.73. The highest BCUT2D eigenvalue weighted by atomic mass is 16.5. The second kappa shape index (κ2) is 7.60. The first-order valence-electron chi connectivity index (χ1n) is 8.26. The van der Waals surface area contributed by atoms with Gasteiger partial charge in [0, 0.05) is 12.1 Å². The van der Waals surface area contributed by atoms with E-state index in [4.69, 9.17) is 14.6 Å². The van der Waals surface area contributed by atoms with Gasteiger partial charge in [0.15, 0.2) is 6.29 Å². The van der Waals surface area contributed by atoms with Crippen LogP contribution in [-0.4, -0.2) is 50.3 Å². The van der Waals surface area contributed by atoms with Gasteiger partial charge in [-0.15, -0.1) is 0 Å². The van der Waals surface area contributed by atoms with Gasteiger partial charge in [-0.05, 0) is 30.7 Å². The van der Waals surface area contributed by atoms with Crippen molar-refractivity contribution in [3.8, 4) is 0 Å². The fourth-order valence-corrected chi connectivity index (χ4v) is 3.00. The van der Waals surface area contributed by atoms with Crippen LogP contribution < -0.4 is 5.32 Å². The number of furan rings is 1. The molecule has 1 aliphatic heterocycles. The van der Waals surface area contributed by atoms with E-state index in [1.165, 1.54) is 12.3 Å². The maximum absolute atomic E-state index is 12.8. The van der Waals surface area contributed by atoms with E-state index in [1.807, 2.05) is 0 Å². The zero-order valence-corrected chi connectivity index (χ0v) is 14.2. The number of aliphatic hydroxyl groups is 2. The molecular formula is C18H18N2O7. The molecule has 1 aromatic carbocycles. The molecule has 0 bridgehead atoms. The van der Waals surface area contributed by atoms with Crippen molar-refractivity contribution in [2.75, 3.05) is 5.32 Å². The van der Waals surface area contributed by atoms with E-state index in [9.17, 15) is 19.5 Å². The minimum Gasteiger partial charge on any atom is -0.480 e. The Balaban J connectivity index is 1.87. The maximum Gasteiger partial charge on any atom is 0.326 e. The standard InChI is InChI=1S/C18H18N2O7/c21-14(22)7-6-13(18(25)26)20-16(23)11-4-1-5-12(15(11)17(20)24)19-9-10-3-2-8-27-10/h1-5,8,13-14,19,21-22H,6-7,9H2,(H,25,26). The van der Waals surface area contributed by atoms with E-state index in [-0.39, 0.29) is 30.5 Å². The number of carbonyl (C=O) groups excluding carboxylic acids is 2. The van der Waals surface area contributed by atoms with Gasteiger partial charge in [0.05, 0.1) is 23.9 Å². The van der Waals surface area contributed by atoms with Crippen LogP contribution in [0.4, 0.5) is 5.69 Å². The Morgan fingerprint density at radius 2 is 1.89 bits per heavy atom. The molecule has 0 radical (unpaired) electrons. The molecule has 3 rings (SSSR count). The molecule has 9 nitrogen and oxygen atoms in total. The largest absolute Gasteiger partial charge is 0.480 e. The Bertz CT molecular complexity index is 861. The van der Waals surface area contributed by atoms with Gasteiger partial charge in [-0.1, -0.05) is 6.07 Å². The number of nitrogens with one attached hydrogen (secondary N) is 1.